The summed E-state index contributed by atoms with van der Waals surface area (Å²) < 4.78 is 5.45. The summed E-state index contributed by atoms with van der Waals surface area (Å²) in [5.41, 5.74) is 0. The van der Waals surface area contributed by atoms with E-state index in [1.165, 1.54) is 244 Å². The van der Waals surface area contributed by atoms with Crippen LogP contribution in [0.5, 0.6) is 0 Å². The molecule has 2 unspecified atom stereocenters. The first-order chi connectivity index (χ1) is 32.0. The van der Waals surface area contributed by atoms with E-state index in [0.29, 0.717) is 19.4 Å². The molecule has 0 fully saturated rings. The SMILES string of the molecule is CCCC/C=C\CCCCCCCC(=O)OCCCCCCCCCCCCCCCCCCCCC(=O)NC(CO)C(O)/C=C/CCCCCCCCCCCCCCCCCCC. The van der Waals surface area contributed by atoms with Gasteiger partial charge in [0.2, 0.25) is 5.91 Å². The smallest absolute Gasteiger partial charge is 0.305 e. The van der Waals surface area contributed by atoms with E-state index in [-0.39, 0.29) is 18.5 Å². The highest BCUT2D eigenvalue weighted by atomic mass is 16.5. The number of amides is 1. The van der Waals surface area contributed by atoms with Gasteiger partial charge >= 0.3 is 5.97 Å². The molecule has 0 heterocycles. The summed E-state index contributed by atoms with van der Waals surface area (Å²) in [7, 11) is 0. The standard InChI is InChI=1S/C59H113NO5/c1-3-5-7-9-11-13-15-16-17-18-19-22-25-28-32-35-39-43-47-51-57(62)56(55-61)60-58(63)52-48-44-40-36-33-29-26-23-20-21-24-27-30-34-38-42-46-50-54-65-59(64)53-49-45-41-37-31-14-12-10-8-6-4-2/h10,12,47,51,56-57,61-62H,3-9,11,13-46,48-50,52-55H2,1-2H3,(H,60,63)/b12-10-,51-47+. The first-order valence-electron chi connectivity index (χ1n) is 29.1. The number of ether oxygens (including phenoxy) is 1. The Morgan fingerprint density at radius 1 is 0.415 bits per heavy atom. The van der Waals surface area contributed by atoms with Gasteiger partial charge < -0.3 is 20.3 Å². The van der Waals surface area contributed by atoms with Crippen LogP contribution in [-0.4, -0.2) is 47.4 Å². The van der Waals surface area contributed by atoms with E-state index < -0.39 is 12.1 Å². The van der Waals surface area contributed by atoms with Gasteiger partial charge in [-0.15, -0.1) is 0 Å². The fraction of sp³-hybridized carbons (Fsp3) is 0.898. The lowest BCUT2D eigenvalue weighted by Crippen LogP contribution is -2.45. The molecule has 0 bridgehead atoms. The maximum atomic E-state index is 12.5. The van der Waals surface area contributed by atoms with Crippen LogP contribution in [0.1, 0.15) is 316 Å². The summed E-state index contributed by atoms with van der Waals surface area (Å²) >= 11 is 0. The number of esters is 1. The number of allylic oxidation sites excluding steroid dienone is 3. The highest BCUT2D eigenvalue weighted by Gasteiger charge is 2.18. The van der Waals surface area contributed by atoms with E-state index >= 15 is 0 Å². The van der Waals surface area contributed by atoms with Crippen LogP contribution in [0.15, 0.2) is 24.3 Å². The maximum Gasteiger partial charge on any atom is 0.305 e. The van der Waals surface area contributed by atoms with E-state index in [1.807, 2.05) is 6.08 Å². The molecule has 0 saturated carbocycles. The zero-order chi connectivity index (χ0) is 47.2. The molecular formula is C59H113NO5. The third-order valence-electron chi connectivity index (χ3n) is 13.5. The van der Waals surface area contributed by atoms with Gasteiger partial charge in [0.15, 0.2) is 0 Å². The van der Waals surface area contributed by atoms with Gasteiger partial charge in [-0.05, 0) is 51.4 Å². The van der Waals surface area contributed by atoms with Crippen LogP contribution in [0.3, 0.4) is 0 Å². The second-order valence-corrected chi connectivity index (χ2v) is 20.0. The number of unbranched alkanes of at least 4 members (excludes halogenated alkanes) is 41. The number of aliphatic hydroxyl groups is 2. The van der Waals surface area contributed by atoms with Crippen LogP contribution in [0.25, 0.3) is 0 Å². The van der Waals surface area contributed by atoms with Crippen molar-refractivity contribution in [3.8, 4) is 0 Å². The first kappa shape index (κ1) is 63.3. The minimum Gasteiger partial charge on any atom is -0.466 e. The van der Waals surface area contributed by atoms with Gasteiger partial charge in [0.25, 0.3) is 0 Å². The van der Waals surface area contributed by atoms with Crippen molar-refractivity contribution in [2.45, 2.75) is 328 Å². The van der Waals surface area contributed by atoms with E-state index in [9.17, 15) is 19.8 Å². The van der Waals surface area contributed by atoms with Crippen LogP contribution >= 0.6 is 0 Å². The number of hydrogen-bond donors (Lipinski definition) is 3. The number of rotatable bonds is 54. The molecule has 0 aromatic carbocycles. The van der Waals surface area contributed by atoms with Gasteiger partial charge in [-0.2, -0.15) is 0 Å². The molecule has 0 spiro atoms. The van der Waals surface area contributed by atoms with Gasteiger partial charge in [0.1, 0.15) is 0 Å². The first-order valence-corrected chi connectivity index (χ1v) is 29.1. The van der Waals surface area contributed by atoms with Crippen molar-refractivity contribution in [3.05, 3.63) is 24.3 Å². The third-order valence-corrected chi connectivity index (χ3v) is 13.5. The molecule has 1 amide bonds. The number of hydrogen-bond acceptors (Lipinski definition) is 5. The lowest BCUT2D eigenvalue weighted by molar-refractivity contribution is -0.143. The molecule has 0 aromatic heterocycles. The summed E-state index contributed by atoms with van der Waals surface area (Å²) in [5, 5.41) is 23.2. The molecule has 0 aliphatic heterocycles. The number of carbonyl (C=O) groups excluding carboxylic acids is 2. The van der Waals surface area contributed by atoms with E-state index in [0.717, 1.165) is 44.9 Å². The molecule has 0 aliphatic rings. The van der Waals surface area contributed by atoms with Gasteiger partial charge in [0, 0.05) is 12.8 Å². The molecule has 3 N–H and O–H groups in total. The Bertz CT molecular complexity index is 1010. The Morgan fingerprint density at radius 2 is 0.738 bits per heavy atom. The zero-order valence-electron chi connectivity index (χ0n) is 43.7. The van der Waals surface area contributed by atoms with Gasteiger partial charge in [-0.3, -0.25) is 9.59 Å². The lowest BCUT2D eigenvalue weighted by Gasteiger charge is -2.20. The van der Waals surface area contributed by atoms with Crippen LogP contribution in [0, 0.1) is 0 Å². The summed E-state index contributed by atoms with van der Waals surface area (Å²) in [6.07, 6.45) is 66.3. The van der Waals surface area contributed by atoms with Crippen LogP contribution in [-0.2, 0) is 14.3 Å². The quantitative estimate of drug-likeness (QED) is 0.0321. The molecule has 0 radical (unpaired) electrons. The average molecular weight is 917 g/mol. The summed E-state index contributed by atoms with van der Waals surface area (Å²) in [6.45, 7) is 4.87. The molecule has 0 rings (SSSR count). The number of nitrogens with one attached hydrogen (secondary N) is 1. The normalized spacial score (nSPS) is 12.7. The topological polar surface area (TPSA) is 95.9 Å². The van der Waals surface area contributed by atoms with Crippen molar-refractivity contribution < 1.29 is 24.5 Å². The molecule has 0 aromatic rings. The van der Waals surface area contributed by atoms with Crippen molar-refractivity contribution >= 4 is 11.9 Å². The van der Waals surface area contributed by atoms with Crippen LogP contribution in [0.4, 0.5) is 0 Å². The third kappa shape index (κ3) is 51.6. The lowest BCUT2D eigenvalue weighted by atomic mass is 10.0. The summed E-state index contributed by atoms with van der Waals surface area (Å²) in [6, 6.07) is -0.631. The number of carbonyl (C=O) groups is 2. The van der Waals surface area contributed by atoms with Gasteiger partial charge in [-0.25, -0.2) is 0 Å². The van der Waals surface area contributed by atoms with E-state index in [2.05, 4.69) is 31.3 Å². The molecule has 6 nitrogen and oxygen atoms in total. The predicted octanol–water partition coefficient (Wildman–Crippen LogP) is 17.9. The second kappa shape index (κ2) is 54.9. The molecule has 2 atom stereocenters. The molecule has 0 aliphatic carbocycles. The van der Waals surface area contributed by atoms with Crippen LogP contribution < -0.4 is 5.32 Å². The number of aliphatic hydroxyl groups excluding tert-OH is 2. The fourth-order valence-corrected chi connectivity index (χ4v) is 8.97. The Labute approximate surface area is 405 Å². The van der Waals surface area contributed by atoms with Crippen molar-refractivity contribution in [3.63, 3.8) is 0 Å². The van der Waals surface area contributed by atoms with Gasteiger partial charge in [0.05, 0.1) is 25.4 Å². The van der Waals surface area contributed by atoms with Crippen molar-refractivity contribution in [2.24, 2.45) is 0 Å². The minimum absolute atomic E-state index is 0.00440. The Morgan fingerprint density at radius 3 is 1.14 bits per heavy atom. The zero-order valence-corrected chi connectivity index (χ0v) is 43.7. The Balaban J connectivity index is 3.45. The maximum absolute atomic E-state index is 12.5. The minimum atomic E-state index is -0.847. The molecule has 384 valence electrons. The Kier molecular flexibility index (Phi) is 53.5. The fourth-order valence-electron chi connectivity index (χ4n) is 8.97. The Hall–Kier alpha value is -1.66. The summed E-state index contributed by atoms with van der Waals surface area (Å²) in [5.74, 6) is -0.0743. The van der Waals surface area contributed by atoms with Crippen molar-refractivity contribution in [1.82, 2.24) is 5.32 Å². The molecule has 6 heteroatoms. The predicted molar refractivity (Wildman–Crippen MR) is 283 cm³/mol. The molecule has 0 saturated heterocycles. The highest BCUT2D eigenvalue weighted by Crippen LogP contribution is 2.17. The molecular weight excluding hydrogens is 803 g/mol. The largest absolute Gasteiger partial charge is 0.466 e. The van der Waals surface area contributed by atoms with Crippen LogP contribution in [0.2, 0.25) is 0 Å². The van der Waals surface area contributed by atoms with Crippen molar-refractivity contribution in [2.75, 3.05) is 13.2 Å². The monoisotopic (exact) mass is 916 g/mol. The van der Waals surface area contributed by atoms with Crippen molar-refractivity contribution in [1.29, 1.82) is 0 Å². The van der Waals surface area contributed by atoms with E-state index in [1.54, 1.807) is 6.08 Å². The van der Waals surface area contributed by atoms with E-state index in [4.69, 9.17) is 4.74 Å². The summed E-state index contributed by atoms with van der Waals surface area (Å²) in [4.78, 5) is 24.5. The second-order valence-electron chi connectivity index (χ2n) is 20.0. The highest BCUT2D eigenvalue weighted by molar-refractivity contribution is 5.76. The molecule has 65 heavy (non-hydrogen) atoms. The van der Waals surface area contributed by atoms with Gasteiger partial charge in [-0.1, -0.05) is 276 Å². The average Bonchev–Trinajstić information content (AvgIpc) is 3.31.